The smallest absolute Gasteiger partial charge is 0.296 e. The van der Waals surface area contributed by atoms with E-state index in [1.54, 1.807) is 0 Å². The molecule has 0 radical (unpaired) electrons. The fourth-order valence-corrected chi connectivity index (χ4v) is 4.91. The number of phenols is 1. The van der Waals surface area contributed by atoms with Gasteiger partial charge in [0.1, 0.15) is 10.6 Å². The molecule has 34 heavy (non-hydrogen) atoms. The van der Waals surface area contributed by atoms with Crippen molar-refractivity contribution in [2.24, 2.45) is 10.2 Å². The van der Waals surface area contributed by atoms with Gasteiger partial charge in [0.05, 0.1) is 15.5 Å². The monoisotopic (exact) mass is 527 g/mol. The van der Waals surface area contributed by atoms with Crippen LogP contribution < -0.4 is 5.32 Å². The van der Waals surface area contributed by atoms with Gasteiger partial charge >= 0.3 is 0 Å². The maximum Gasteiger partial charge on any atom is 0.296 e. The first-order chi connectivity index (χ1) is 15.7. The number of hydrogen-bond donors (Lipinski definition) is 4. The minimum absolute atomic E-state index is 0.0000487. The molecule has 0 amide bonds. The molecule has 0 bridgehead atoms. The molecule has 0 aromatic heterocycles. The van der Waals surface area contributed by atoms with E-state index in [-0.39, 0.29) is 27.0 Å². The molecule has 0 spiro atoms. The molecule has 3 aromatic carbocycles. The standard InChI is InChI=1S/C19H17N3O9S3/c1-3-32(24,25)13-6-4-12(5-7-13)21-22-18-16(34(29,30)31)9-11-8-14(33(26,27)28)10-15(20-2)17(11)19(18)23/h3-10,20,23H,1H2,2H3,(H,26,27,28)(H,29,30,31). The number of sulfone groups is 1. The molecule has 0 aliphatic rings. The Morgan fingerprint density at radius 2 is 1.50 bits per heavy atom. The average molecular weight is 528 g/mol. The number of benzene rings is 3. The normalized spacial score (nSPS) is 12.8. The summed E-state index contributed by atoms with van der Waals surface area (Å²) in [4.78, 5) is -1.54. The molecular formula is C19H17N3O9S3. The van der Waals surface area contributed by atoms with Crippen LogP contribution in [0.25, 0.3) is 10.8 Å². The maximum atomic E-state index is 12.0. The van der Waals surface area contributed by atoms with Crippen molar-refractivity contribution < 1.29 is 39.5 Å². The highest BCUT2D eigenvalue weighted by molar-refractivity contribution is 7.94. The predicted molar refractivity (Wildman–Crippen MR) is 123 cm³/mol. The third-order valence-electron chi connectivity index (χ3n) is 4.62. The van der Waals surface area contributed by atoms with E-state index in [2.05, 4.69) is 22.1 Å². The lowest BCUT2D eigenvalue weighted by molar-refractivity contribution is 0.472. The van der Waals surface area contributed by atoms with E-state index in [9.17, 15) is 39.5 Å². The highest BCUT2D eigenvalue weighted by atomic mass is 32.2. The number of phenolic OH excluding ortho intramolecular Hbond substituents is 1. The van der Waals surface area contributed by atoms with Crippen molar-refractivity contribution in [2.45, 2.75) is 14.7 Å². The molecule has 3 aromatic rings. The summed E-state index contributed by atoms with van der Waals surface area (Å²) in [7, 11) is -12.0. The SMILES string of the molecule is C=CS(=O)(=O)c1ccc(N=Nc2c(S(=O)(=O)O)cc3cc(S(=O)(=O)O)cc(NC)c3c2O)cc1. The molecular weight excluding hydrogens is 510 g/mol. The van der Waals surface area contributed by atoms with Crippen LogP contribution in [0.5, 0.6) is 5.75 Å². The van der Waals surface area contributed by atoms with Crippen LogP contribution in [0.3, 0.4) is 0 Å². The molecule has 3 rings (SSSR count). The van der Waals surface area contributed by atoms with Crippen molar-refractivity contribution in [3.63, 3.8) is 0 Å². The molecule has 180 valence electrons. The number of hydrogen-bond acceptors (Lipinski definition) is 10. The van der Waals surface area contributed by atoms with E-state index in [4.69, 9.17) is 0 Å². The molecule has 0 aliphatic heterocycles. The zero-order valence-corrected chi connectivity index (χ0v) is 19.7. The fraction of sp³-hybridized carbons (Fsp3) is 0.0526. The summed E-state index contributed by atoms with van der Waals surface area (Å²) in [6.45, 7) is 3.22. The molecule has 0 unspecified atom stereocenters. The van der Waals surface area contributed by atoms with Crippen LogP contribution in [0, 0.1) is 0 Å². The first kappa shape index (κ1) is 25.3. The van der Waals surface area contributed by atoms with Gasteiger partial charge in [0, 0.05) is 23.5 Å². The summed E-state index contributed by atoms with van der Waals surface area (Å²) >= 11 is 0. The minimum atomic E-state index is -4.99. The summed E-state index contributed by atoms with van der Waals surface area (Å²) in [6.07, 6.45) is 0. The van der Waals surface area contributed by atoms with E-state index in [1.807, 2.05) is 0 Å². The Hall–Kier alpha value is -3.37. The number of azo groups is 1. The highest BCUT2D eigenvalue weighted by Gasteiger charge is 2.25. The van der Waals surface area contributed by atoms with Gasteiger partial charge in [-0.25, -0.2) is 8.42 Å². The van der Waals surface area contributed by atoms with Crippen molar-refractivity contribution in [3.8, 4) is 5.75 Å². The Labute approximate surface area is 194 Å². The van der Waals surface area contributed by atoms with Crippen molar-refractivity contribution in [1.82, 2.24) is 0 Å². The molecule has 12 nitrogen and oxygen atoms in total. The Bertz CT molecular complexity index is 1660. The van der Waals surface area contributed by atoms with Crippen LogP contribution in [0.15, 0.2) is 79.4 Å². The van der Waals surface area contributed by atoms with Crippen LogP contribution in [0.4, 0.5) is 17.1 Å². The molecule has 0 saturated carbocycles. The summed E-state index contributed by atoms with van der Waals surface area (Å²) in [6, 6.07) is 7.72. The van der Waals surface area contributed by atoms with Gasteiger partial charge in [-0.05, 0) is 47.9 Å². The second kappa shape index (κ2) is 8.77. The lowest BCUT2D eigenvalue weighted by Gasteiger charge is -2.13. The fourth-order valence-electron chi connectivity index (χ4n) is 3.01. The second-order valence-corrected chi connectivity index (χ2v) is 11.5. The van der Waals surface area contributed by atoms with Crippen LogP contribution in [0.2, 0.25) is 0 Å². The van der Waals surface area contributed by atoms with E-state index < -0.39 is 51.3 Å². The van der Waals surface area contributed by atoms with Crippen LogP contribution >= 0.6 is 0 Å². The van der Waals surface area contributed by atoms with Gasteiger partial charge in [-0.15, -0.1) is 5.11 Å². The molecule has 0 atom stereocenters. The van der Waals surface area contributed by atoms with Gasteiger partial charge in [-0.1, -0.05) is 6.58 Å². The van der Waals surface area contributed by atoms with Gasteiger partial charge in [0.25, 0.3) is 20.2 Å². The molecule has 0 aliphatic carbocycles. The lowest BCUT2D eigenvalue weighted by atomic mass is 10.1. The predicted octanol–water partition coefficient (Wildman–Crippen LogP) is 3.41. The maximum absolute atomic E-state index is 12.0. The number of nitrogens with one attached hydrogen (secondary N) is 1. The Morgan fingerprint density at radius 3 is 2.00 bits per heavy atom. The zero-order chi connectivity index (χ0) is 25.5. The third-order valence-corrected chi connectivity index (χ3v) is 7.69. The van der Waals surface area contributed by atoms with Crippen molar-refractivity contribution >= 4 is 57.9 Å². The van der Waals surface area contributed by atoms with Gasteiger partial charge in [-0.3, -0.25) is 9.11 Å². The number of rotatable bonds is 7. The van der Waals surface area contributed by atoms with Crippen LogP contribution in [-0.2, 0) is 30.1 Å². The Balaban J connectivity index is 2.26. The molecule has 0 fully saturated rings. The van der Waals surface area contributed by atoms with Gasteiger partial charge < -0.3 is 10.4 Å². The summed E-state index contributed by atoms with van der Waals surface area (Å²) in [5, 5.41) is 21.5. The highest BCUT2D eigenvalue weighted by Crippen LogP contribution is 2.45. The first-order valence-corrected chi connectivity index (χ1v) is 13.5. The van der Waals surface area contributed by atoms with Gasteiger partial charge in [-0.2, -0.15) is 21.9 Å². The van der Waals surface area contributed by atoms with Crippen LogP contribution in [0.1, 0.15) is 0 Å². The summed E-state index contributed by atoms with van der Waals surface area (Å²) in [5.41, 5.74) is -0.576. The minimum Gasteiger partial charge on any atom is -0.505 e. The molecule has 4 N–H and O–H groups in total. The largest absolute Gasteiger partial charge is 0.505 e. The number of aromatic hydroxyl groups is 1. The first-order valence-electron chi connectivity index (χ1n) is 9.05. The summed E-state index contributed by atoms with van der Waals surface area (Å²) in [5.74, 6) is -0.758. The third kappa shape index (κ3) is 4.92. The Morgan fingerprint density at radius 1 is 0.882 bits per heavy atom. The second-order valence-electron chi connectivity index (χ2n) is 6.75. The van der Waals surface area contributed by atoms with Crippen molar-refractivity contribution in [1.29, 1.82) is 0 Å². The number of anilines is 1. The van der Waals surface area contributed by atoms with Crippen molar-refractivity contribution in [2.75, 3.05) is 12.4 Å². The Kier molecular flexibility index (Phi) is 6.51. The van der Waals surface area contributed by atoms with Crippen LogP contribution in [-0.4, -0.2) is 46.5 Å². The molecule has 0 heterocycles. The molecule has 15 heteroatoms. The van der Waals surface area contributed by atoms with Gasteiger partial charge in [0.2, 0.25) is 0 Å². The summed E-state index contributed by atoms with van der Waals surface area (Å²) < 4.78 is 89.7. The lowest BCUT2D eigenvalue weighted by Crippen LogP contribution is -2.03. The van der Waals surface area contributed by atoms with E-state index in [0.29, 0.717) is 0 Å². The van der Waals surface area contributed by atoms with E-state index >= 15 is 0 Å². The van der Waals surface area contributed by atoms with E-state index in [1.165, 1.54) is 31.3 Å². The number of nitrogens with zero attached hydrogens (tertiary/aromatic N) is 2. The van der Waals surface area contributed by atoms with Gasteiger partial charge in [0.15, 0.2) is 15.6 Å². The van der Waals surface area contributed by atoms with Crippen molar-refractivity contribution in [3.05, 3.63) is 54.5 Å². The number of fused-ring (bicyclic) bond motifs is 1. The molecule has 0 saturated heterocycles. The quantitative estimate of drug-likeness (QED) is 0.261. The topological polar surface area (TPSA) is 200 Å². The average Bonchev–Trinajstić information content (AvgIpc) is 2.76. The van der Waals surface area contributed by atoms with E-state index in [0.717, 1.165) is 23.6 Å². The zero-order valence-electron chi connectivity index (χ0n) is 17.2.